The molecule has 92 valence electrons. The zero-order chi connectivity index (χ0) is 12.8. The summed E-state index contributed by atoms with van der Waals surface area (Å²) >= 11 is 1.77. The molecule has 0 aliphatic carbocycles. The first-order chi connectivity index (χ1) is 8.75. The average molecular weight is 254 g/mol. The minimum Gasteiger partial charge on any atom is -0.127 e. The van der Waals surface area contributed by atoms with Gasteiger partial charge in [-0.25, -0.2) is 0 Å². The molecule has 0 nitrogen and oxygen atoms in total. The van der Waals surface area contributed by atoms with Gasteiger partial charge in [-0.1, -0.05) is 56.0 Å². The van der Waals surface area contributed by atoms with E-state index < -0.39 is 0 Å². The van der Waals surface area contributed by atoms with Gasteiger partial charge in [0.1, 0.15) is 0 Å². The van der Waals surface area contributed by atoms with Gasteiger partial charge in [0.15, 0.2) is 0 Å². The molecule has 2 aromatic rings. The fourth-order valence-electron chi connectivity index (χ4n) is 1.67. The summed E-state index contributed by atoms with van der Waals surface area (Å²) in [5, 5.41) is 0. The molecule has 0 radical (unpaired) electrons. The maximum Gasteiger partial charge on any atom is 0.0775 e. The number of thiophene rings is 1. The molecular weight excluding hydrogens is 236 g/mol. The highest BCUT2D eigenvalue weighted by molar-refractivity contribution is 7.16. The minimum atomic E-state index is 0.738. The van der Waals surface area contributed by atoms with Crippen molar-refractivity contribution in [2.45, 2.75) is 26.7 Å². The van der Waals surface area contributed by atoms with Crippen LogP contribution in [0.1, 0.15) is 31.6 Å². The molecule has 1 aromatic heterocycles. The summed E-state index contributed by atoms with van der Waals surface area (Å²) in [6.07, 6.45) is 2.18. The lowest BCUT2D eigenvalue weighted by Gasteiger charge is -1.96. The summed E-state index contributed by atoms with van der Waals surface area (Å²) in [6, 6.07) is 14.8. The predicted molar refractivity (Wildman–Crippen MR) is 80.7 cm³/mol. The third-order valence-corrected chi connectivity index (χ3v) is 3.77. The van der Waals surface area contributed by atoms with Gasteiger partial charge < -0.3 is 0 Å². The summed E-state index contributed by atoms with van der Waals surface area (Å²) in [5.74, 6) is 7.26. The van der Waals surface area contributed by atoms with Crippen LogP contribution in [-0.2, 0) is 0 Å². The molecule has 0 saturated carbocycles. The van der Waals surface area contributed by atoms with E-state index in [-0.39, 0.29) is 0 Å². The summed E-state index contributed by atoms with van der Waals surface area (Å²) in [5.41, 5.74) is 1.28. The van der Waals surface area contributed by atoms with Crippen molar-refractivity contribution in [3.63, 3.8) is 0 Å². The Bertz CT molecular complexity index is 538. The summed E-state index contributed by atoms with van der Waals surface area (Å²) < 4.78 is 0. The van der Waals surface area contributed by atoms with Crippen LogP contribution in [0.2, 0.25) is 0 Å². The fourth-order valence-corrected chi connectivity index (χ4v) is 2.56. The minimum absolute atomic E-state index is 0.738. The summed E-state index contributed by atoms with van der Waals surface area (Å²) in [7, 11) is 0. The first-order valence-electron chi connectivity index (χ1n) is 6.40. The first kappa shape index (κ1) is 12.9. The summed E-state index contributed by atoms with van der Waals surface area (Å²) in [4.78, 5) is 2.46. The average Bonchev–Trinajstić information content (AvgIpc) is 2.84. The van der Waals surface area contributed by atoms with Gasteiger partial charge in [-0.15, -0.1) is 11.3 Å². The Morgan fingerprint density at radius 2 is 1.83 bits per heavy atom. The van der Waals surface area contributed by atoms with E-state index >= 15 is 0 Å². The molecule has 0 fully saturated rings. The molecule has 1 heterocycles. The van der Waals surface area contributed by atoms with E-state index in [4.69, 9.17) is 0 Å². The smallest absolute Gasteiger partial charge is 0.0775 e. The van der Waals surface area contributed by atoms with Crippen molar-refractivity contribution < 1.29 is 0 Å². The van der Waals surface area contributed by atoms with Gasteiger partial charge in [0.25, 0.3) is 0 Å². The molecule has 2 rings (SSSR count). The number of hydrogen-bond donors (Lipinski definition) is 0. The SMILES string of the molecule is CC(C)CCC#Cc1ccc(-c2ccccc2)s1. The Labute approximate surface area is 114 Å². The molecule has 0 saturated heterocycles. The van der Waals surface area contributed by atoms with Gasteiger partial charge in [0.2, 0.25) is 0 Å². The largest absolute Gasteiger partial charge is 0.127 e. The molecule has 0 atom stereocenters. The van der Waals surface area contributed by atoms with Crippen LogP contribution in [0.4, 0.5) is 0 Å². The Morgan fingerprint density at radius 3 is 2.56 bits per heavy atom. The Hall–Kier alpha value is -1.52. The van der Waals surface area contributed by atoms with Crippen LogP contribution in [0.25, 0.3) is 10.4 Å². The van der Waals surface area contributed by atoms with Crippen LogP contribution in [0.3, 0.4) is 0 Å². The second-order valence-electron chi connectivity index (χ2n) is 4.76. The molecular formula is C17H18S. The quantitative estimate of drug-likeness (QED) is 0.660. The molecule has 0 bridgehead atoms. The van der Waals surface area contributed by atoms with E-state index in [2.05, 4.69) is 62.1 Å². The highest BCUT2D eigenvalue weighted by Crippen LogP contribution is 2.27. The van der Waals surface area contributed by atoms with Crippen LogP contribution >= 0.6 is 11.3 Å². The maximum atomic E-state index is 3.26. The van der Waals surface area contributed by atoms with Crippen LogP contribution in [0, 0.1) is 17.8 Å². The molecule has 1 heteroatoms. The van der Waals surface area contributed by atoms with Crippen LogP contribution in [-0.4, -0.2) is 0 Å². The zero-order valence-electron chi connectivity index (χ0n) is 10.9. The topological polar surface area (TPSA) is 0 Å². The Morgan fingerprint density at radius 1 is 1.06 bits per heavy atom. The van der Waals surface area contributed by atoms with Crippen molar-refractivity contribution in [3.8, 4) is 22.3 Å². The van der Waals surface area contributed by atoms with Crippen molar-refractivity contribution in [2.24, 2.45) is 5.92 Å². The van der Waals surface area contributed by atoms with Crippen LogP contribution in [0.5, 0.6) is 0 Å². The number of rotatable bonds is 3. The van der Waals surface area contributed by atoms with Gasteiger partial charge in [0.05, 0.1) is 4.88 Å². The molecule has 0 aliphatic heterocycles. The summed E-state index contributed by atoms with van der Waals surface area (Å²) in [6.45, 7) is 4.47. The van der Waals surface area contributed by atoms with E-state index in [1.807, 2.05) is 6.07 Å². The Kier molecular flexibility index (Phi) is 4.61. The van der Waals surface area contributed by atoms with Gasteiger partial charge in [-0.05, 0) is 30.0 Å². The molecule has 0 spiro atoms. The van der Waals surface area contributed by atoms with Gasteiger partial charge in [0, 0.05) is 11.3 Å². The van der Waals surface area contributed by atoms with E-state index in [0.717, 1.165) is 17.2 Å². The van der Waals surface area contributed by atoms with E-state index in [1.165, 1.54) is 16.9 Å². The molecule has 0 amide bonds. The predicted octanol–water partition coefficient (Wildman–Crippen LogP) is 5.20. The lowest BCUT2D eigenvalue weighted by molar-refractivity contribution is 0.600. The maximum absolute atomic E-state index is 3.26. The lowest BCUT2D eigenvalue weighted by Crippen LogP contribution is -1.83. The second-order valence-corrected chi connectivity index (χ2v) is 5.85. The molecule has 0 N–H and O–H groups in total. The van der Waals surface area contributed by atoms with Gasteiger partial charge in [-0.3, -0.25) is 0 Å². The van der Waals surface area contributed by atoms with Crippen LogP contribution in [0.15, 0.2) is 42.5 Å². The van der Waals surface area contributed by atoms with Crippen molar-refractivity contribution in [1.82, 2.24) is 0 Å². The molecule has 1 aromatic carbocycles. The zero-order valence-corrected chi connectivity index (χ0v) is 11.8. The first-order valence-corrected chi connectivity index (χ1v) is 7.21. The van der Waals surface area contributed by atoms with E-state index in [1.54, 1.807) is 11.3 Å². The molecule has 0 unspecified atom stereocenters. The van der Waals surface area contributed by atoms with Crippen molar-refractivity contribution in [3.05, 3.63) is 47.3 Å². The van der Waals surface area contributed by atoms with Crippen LogP contribution < -0.4 is 0 Å². The molecule has 18 heavy (non-hydrogen) atoms. The van der Waals surface area contributed by atoms with E-state index in [9.17, 15) is 0 Å². The standard InChI is InChI=1S/C17H18S/c1-14(2)8-6-7-11-16-12-13-17(18-16)15-9-4-3-5-10-15/h3-5,9-10,12-14H,6,8H2,1-2H3. The fraction of sp³-hybridized carbons (Fsp3) is 0.294. The van der Waals surface area contributed by atoms with Crippen molar-refractivity contribution in [1.29, 1.82) is 0 Å². The highest BCUT2D eigenvalue weighted by Gasteiger charge is 1.99. The van der Waals surface area contributed by atoms with Gasteiger partial charge in [-0.2, -0.15) is 0 Å². The van der Waals surface area contributed by atoms with Gasteiger partial charge >= 0.3 is 0 Å². The highest BCUT2D eigenvalue weighted by atomic mass is 32.1. The van der Waals surface area contributed by atoms with Crippen molar-refractivity contribution >= 4 is 11.3 Å². The molecule has 0 aliphatic rings. The normalized spacial score (nSPS) is 10.2. The number of benzene rings is 1. The lowest BCUT2D eigenvalue weighted by atomic mass is 10.1. The van der Waals surface area contributed by atoms with E-state index in [0.29, 0.717) is 0 Å². The third-order valence-electron chi connectivity index (χ3n) is 2.72. The monoisotopic (exact) mass is 254 g/mol. The Balaban J connectivity index is 2.03. The second kappa shape index (κ2) is 6.42. The number of hydrogen-bond acceptors (Lipinski definition) is 1. The third kappa shape index (κ3) is 3.75. The van der Waals surface area contributed by atoms with Crippen molar-refractivity contribution in [2.75, 3.05) is 0 Å².